The molecule has 5 nitrogen and oxygen atoms in total. The van der Waals surface area contributed by atoms with Gasteiger partial charge in [-0.05, 0) is 62.4 Å². The maximum absolute atomic E-state index is 13.3. The largest absolute Gasteiger partial charge is 0.486 e. The number of fused-ring (bicyclic) bond motifs is 3. The second kappa shape index (κ2) is 8.08. The van der Waals surface area contributed by atoms with Crippen molar-refractivity contribution < 1.29 is 23.1 Å². The fourth-order valence-electron chi connectivity index (χ4n) is 5.07. The summed E-state index contributed by atoms with van der Waals surface area (Å²) in [5.41, 5.74) is 2.03. The zero-order valence-electron chi connectivity index (χ0n) is 18.1. The first-order valence-electron chi connectivity index (χ1n) is 11.3. The van der Waals surface area contributed by atoms with Gasteiger partial charge in [-0.25, -0.2) is 4.39 Å². The van der Waals surface area contributed by atoms with Gasteiger partial charge in [-0.3, -0.25) is 9.59 Å². The molecule has 3 aromatic rings. The molecule has 1 fully saturated rings. The summed E-state index contributed by atoms with van der Waals surface area (Å²) in [7, 11) is 0. The summed E-state index contributed by atoms with van der Waals surface area (Å²) < 4.78 is 25.4. The normalized spacial score (nSPS) is 17.6. The third-order valence-electron chi connectivity index (χ3n) is 6.73. The van der Waals surface area contributed by atoms with E-state index < -0.39 is 5.60 Å². The summed E-state index contributed by atoms with van der Waals surface area (Å²) in [5.74, 6) is 0.133. The van der Waals surface area contributed by atoms with E-state index in [-0.39, 0.29) is 29.8 Å². The number of aryl methyl sites for hydroxylation is 1. The highest BCUT2D eigenvalue weighted by Crippen LogP contribution is 2.44. The molecule has 2 aromatic carbocycles. The molecule has 6 heteroatoms. The van der Waals surface area contributed by atoms with Gasteiger partial charge in [0.1, 0.15) is 22.8 Å². The first kappa shape index (κ1) is 20.7. The highest BCUT2D eigenvalue weighted by atomic mass is 19.1. The first-order valence-corrected chi connectivity index (χ1v) is 11.3. The van der Waals surface area contributed by atoms with Crippen molar-refractivity contribution in [2.75, 3.05) is 0 Å². The Bertz CT molecular complexity index is 1190. The molecule has 0 unspecified atom stereocenters. The van der Waals surface area contributed by atoms with Crippen LogP contribution in [0.5, 0.6) is 5.75 Å². The fraction of sp³-hybridized carbons (Fsp3) is 0.385. The number of rotatable bonds is 3. The standard InChI is InChI=1S/C26H26FNO4/c1-16-22-20(31-24(16)25(30)28-15-17-6-8-18(27)9-7-17)10-11-21-23(22)19(29)14-26(32-21)12-4-2-3-5-13-26/h6-11H,2-5,12-15H2,1H3,(H,28,30). The topological polar surface area (TPSA) is 68.5 Å². The van der Waals surface area contributed by atoms with E-state index in [1.54, 1.807) is 31.2 Å². The Balaban J connectivity index is 1.44. The van der Waals surface area contributed by atoms with E-state index in [2.05, 4.69) is 5.32 Å². The molecule has 32 heavy (non-hydrogen) atoms. The number of furan rings is 1. The average molecular weight is 435 g/mol. The lowest BCUT2D eigenvalue weighted by molar-refractivity contribution is 0.0301. The molecule has 1 aliphatic heterocycles. The van der Waals surface area contributed by atoms with Crippen LogP contribution >= 0.6 is 0 Å². The molecule has 1 amide bonds. The summed E-state index contributed by atoms with van der Waals surface area (Å²) >= 11 is 0. The van der Waals surface area contributed by atoms with Crippen molar-refractivity contribution in [3.63, 3.8) is 0 Å². The number of halogens is 1. The van der Waals surface area contributed by atoms with Gasteiger partial charge in [0, 0.05) is 17.5 Å². The lowest BCUT2D eigenvalue weighted by atomic mass is 9.83. The van der Waals surface area contributed by atoms with Crippen LogP contribution in [-0.2, 0) is 6.54 Å². The third kappa shape index (κ3) is 3.68. The lowest BCUT2D eigenvalue weighted by Gasteiger charge is -2.37. The molecule has 166 valence electrons. The van der Waals surface area contributed by atoms with E-state index >= 15 is 0 Å². The minimum absolute atomic E-state index is 0.0564. The van der Waals surface area contributed by atoms with Gasteiger partial charge >= 0.3 is 0 Å². The number of nitrogens with one attached hydrogen (secondary N) is 1. The lowest BCUT2D eigenvalue weighted by Crippen LogP contribution is -2.41. The maximum atomic E-state index is 13.3. The molecule has 5 rings (SSSR count). The third-order valence-corrected chi connectivity index (χ3v) is 6.73. The molecule has 2 heterocycles. The number of hydrogen-bond acceptors (Lipinski definition) is 4. The minimum atomic E-state index is -0.402. The van der Waals surface area contributed by atoms with Crippen LogP contribution in [-0.4, -0.2) is 17.3 Å². The van der Waals surface area contributed by atoms with Gasteiger partial charge in [-0.2, -0.15) is 0 Å². The quantitative estimate of drug-likeness (QED) is 0.559. The number of ketones is 1. The van der Waals surface area contributed by atoms with Crippen molar-refractivity contribution in [2.24, 2.45) is 0 Å². The highest BCUT2D eigenvalue weighted by molar-refractivity contribution is 6.13. The number of benzene rings is 2. The van der Waals surface area contributed by atoms with E-state index in [1.165, 1.54) is 25.0 Å². The van der Waals surface area contributed by atoms with Crippen molar-refractivity contribution in [2.45, 2.75) is 64.0 Å². The van der Waals surface area contributed by atoms with Gasteiger partial charge < -0.3 is 14.5 Å². The Labute approximate surface area is 185 Å². The molecule has 0 radical (unpaired) electrons. The maximum Gasteiger partial charge on any atom is 0.287 e. The Morgan fingerprint density at radius 3 is 2.50 bits per heavy atom. The minimum Gasteiger partial charge on any atom is -0.486 e. The Kier molecular flexibility index (Phi) is 5.24. The molecule has 0 saturated heterocycles. The molecule has 0 bridgehead atoms. The van der Waals surface area contributed by atoms with E-state index in [1.807, 2.05) is 0 Å². The van der Waals surface area contributed by atoms with E-state index in [0.717, 1.165) is 31.2 Å². The predicted octanol–water partition coefficient (Wildman–Crippen LogP) is 5.87. The van der Waals surface area contributed by atoms with Crippen molar-refractivity contribution in [3.8, 4) is 5.75 Å². The second-order valence-electron chi connectivity index (χ2n) is 8.98. The molecule has 1 N–H and O–H groups in total. The second-order valence-corrected chi connectivity index (χ2v) is 8.98. The molecule has 2 aliphatic rings. The highest BCUT2D eigenvalue weighted by Gasteiger charge is 2.42. The Morgan fingerprint density at radius 1 is 1.06 bits per heavy atom. The summed E-state index contributed by atoms with van der Waals surface area (Å²) in [6.07, 6.45) is 6.69. The molecular formula is C26H26FNO4. The monoisotopic (exact) mass is 435 g/mol. The van der Waals surface area contributed by atoms with Crippen LogP contribution in [0, 0.1) is 12.7 Å². The smallest absolute Gasteiger partial charge is 0.287 e. The van der Waals surface area contributed by atoms with Crippen LogP contribution in [0.2, 0.25) is 0 Å². The molecule has 0 atom stereocenters. The Morgan fingerprint density at radius 2 is 1.78 bits per heavy atom. The van der Waals surface area contributed by atoms with Crippen LogP contribution in [0.4, 0.5) is 4.39 Å². The number of carbonyl (C=O) groups is 2. The van der Waals surface area contributed by atoms with Crippen LogP contribution in [0.25, 0.3) is 11.0 Å². The van der Waals surface area contributed by atoms with Crippen molar-refractivity contribution in [3.05, 3.63) is 64.7 Å². The SMILES string of the molecule is Cc1c(C(=O)NCc2ccc(F)cc2)oc2ccc3c(c12)C(=O)CC1(CCCCCC1)O3. The molecular weight excluding hydrogens is 409 g/mol. The number of ether oxygens (including phenoxy) is 1. The van der Waals surface area contributed by atoms with Crippen molar-refractivity contribution in [1.82, 2.24) is 5.32 Å². The molecule has 1 aliphatic carbocycles. The number of amides is 1. The summed E-state index contributed by atoms with van der Waals surface area (Å²) in [6.45, 7) is 2.04. The van der Waals surface area contributed by atoms with Crippen LogP contribution in [0.3, 0.4) is 0 Å². The van der Waals surface area contributed by atoms with Gasteiger partial charge in [-0.1, -0.05) is 25.0 Å². The molecule has 1 spiro atoms. The molecule has 1 saturated carbocycles. The van der Waals surface area contributed by atoms with Crippen LogP contribution in [0.15, 0.2) is 40.8 Å². The van der Waals surface area contributed by atoms with Gasteiger partial charge in [0.25, 0.3) is 5.91 Å². The van der Waals surface area contributed by atoms with Crippen LogP contribution < -0.4 is 10.1 Å². The van der Waals surface area contributed by atoms with Crippen molar-refractivity contribution >= 4 is 22.7 Å². The van der Waals surface area contributed by atoms with Crippen LogP contribution in [0.1, 0.15) is 77.0 Å². The van der Waals surface area contributed by atoms with Crippen molar-refractivity contribution in [1.29, 1.82) is 0 Å². The Hall–Kier alpha value is -3.15. The number of hydrogen-bond donors (Lipinski definition) is 1. The van der Waals surface area contributed by atoms with E-state index in [0.29, 0.717) is 34.3 Å². The van der Waals surface area contributed by atoms with E-state index in [9.17, 15) is 14.0 Å². The number of Topliss-reactive ketones (excluding diaryl/α,β-unsaturated/α-hetero) is 1. The fourth-order valence-corrected chi connectivity index (χ4v) is 5.07. The van der Waals surface area contributed by atoms with Gasteiger partial charge in [0.15, 0.2) is 11.5 Å². The zero-order chi connectivity index (χ0) is 22.3. The summed E-state index contributed by atoms with van der Waals surface area (Å²) in [5, 5.41) is 3.47. The summed E-state index contributed by atoms with van der Waals surface area (Å²) in [6, 6.07) is 9.53. The first-order chi connectivity index (χ1) is 15.5. The zero-order valence-corrected chi connectivity index (χ0v) is 18.1. The van der Waals surface area contributed by atoms with Gasteiger partial charge in [-0.15, -0.1) is 0 Å². The molecule has 1 aromatic heterocycles. The van der Waals surface area contributed by atoms with Gasteiger partial charge in [0.05, 0.1) is 12.0 Å². The van der Waals surface area contributed by atoms with Gasteiger partial charge in [0.2, 0.25) is 0 Å². The number of carbonyl (C=O) groups excluding carboxylic acids is 2. The summed E-state index contributed by atoms with van der Waals surface area (Å²) in [4.78, 5) is 26.1. The van der Waals surface area contributed by atoms with E-state index in [4.69, 9.17) is 9.15 Å². The average Bonchev–Trinajstić information content (AvgIpc) is 2.96. The predicted molar refractivity (Wildman–Crippen MR) is 119 cm³/mol.